The zero-order valence-corrected chi connectivity index (χ0v) is 16.4. The zero-order valence-electron chi connectivity index (χ0n) is 16.4. The van der Waals surface area contributed by atoms with Gasteiger partial charge in [-0.25, -0.2) is 9.18 Å². The Kier molecular flexibility index (Phi) is 4.24. The first kappa shape index (κ1) is 19.5. The number of hydrogen-bond donors (Lipinski definition) is 2. The molecule has 3 unspecified atom stereocenters. The lowest BCUT2D eigenvalue weighted by atomic mass is 9.46. The van der Waals surface area contributed by atoms with Crippen molar-refractivity contribution in [3.05, 3.63) is 23.8 Å². The van der Waals surface area contributed by atoms with Gasteiger partial charge >= 0.3 is 5.97 Å². The molecule has 4 aliphatic carbocycles. The lowest BCUT2D eigenvalue weighted by molar-refractivity contribution is -0.159. The van der Waals surface area contributed by atoms with Gasteiger partial charge in [-0.15, -0.1) is 0 Å². The van der Waals surface area contributed by atoms with Crippen LogP contribution in [0.2, 0.25) is 0 Å². The van der Waals surface area contributed by atoms with Crippen molar-refractivity contribution in [2.24, 2.45) is 40.4 Å². The van der Waals surface area contributed by atoms with E-state index in [1.165, 1.54) is 12.2 Å². The van der Waals surface area contributed by atoms with E-state index in [-0.39, 0.29) is 35.9 Å². The second-order valence-corrected chi connectivity index (χ2v) is 9.75. The molecule has 9 atom stereocenters. The number of aliphatic hydroxyl groups excluding tert-OH is 1. The molecule has 28 heavy (non-hydrogen) atoms. The Balaban J connectivity index is 1.77. The molecule has 152 valence electrons. The van der Waals surface area contributed by atoms with E-state index in [2.05, 4.69) is 0 Å². The molecule has 0 aromatic rings. The summed E-state index contributed by atoms with van der Waals surface area (Å²) in [6, 6.07) is 0. The van der Waals surface area contributed by atoms with E-state index in [9.17, 15) is 24.6 Å². The highest BCUT2D eigenvalue weighted by molar-refractivity contribution is 6.33. The van der Waals surface area contributed by atoms with Crippen molar-refractivity contribution in [2.75, 3.05) is 0 Å². The predicted octanol–water partition coefficient (Wildman–Crippen LogP) is 2.73. The molecule has 2 N–H and O–H groups in total. The highest BCUT2D eigenvalue weighted by Crippen LogP contribution is 2.67. The van der Waals surface area contributed by atoms with Gasteiger partial charge in [0, 0.05) is 17.3 Å². The molecular weight excluding hydrogens is 363 g/mol. The molecule has 3 fully saturated rings. The largest absolute Gasteiger partial charge is 0.475 e. The van der Waals surface area contributed by atoms with E-state index in [1.54, 1.807) is 6.08 Å². The number of aliphatic carboxylic acids is 1. The average Bonchev–Trinajstić information content (AvgIpc) is 2.85. The van der Waals surface area contributed by atoms with Crippen LogP contribution in [-0.2, 0) is 14.4 Å². The number of carbonyl (C=O) groups is 3. The van der Waals surface area contributed by atoms with Crippen molar-refractivity contribution in [3.8, 4) is 0 Å². The number of Topliss-reactive ketones (excluding diaryl/α,β-unsaturated/α-hetero) is 1. The quantitative estimate of drug-likeness (QED) is 0.708. The van der Waals surface area contributed by atoms with Gasteiger partial charge in [-0.05, 0) is 60.2 Å². The van der Waals surface area contributed by atoms with Crippen LogP contribution in [-0.4, -0.2) is 40.0 Å². The first-order chi connectivity index (χ1) is 13.0. The van der Waals surface area contributed by atoms with Crippen LogP contribution in [0.4, 0.5) is 4.39 Å². The van der Waals surface area contributed by atoms with Gasteiger partial charge < -0.3 is 10.2 Å². The first-order valence-electron chi connectivity index (χ1n) is 10.0. The normalized spacial score (nSPS) is 49.7. The fraction of sp³-hybridized carbons (Fsp3) is 0.682. The van der Waals surface area contributed by atoms with Crippen LogP contribution in [0.5, 0.6) is 0 Å². The minimum Gasteiger partial charge on any atom is -0.475 e. The maximum Gasteiger partial charge on any atom is 0.372 e. The van der Waals surface area contributed by atoms with Gasteiger partial charge in [0.25, 0.3) is 0 Å². The Morgan fingerprint density at radius 1 is 1.25 bits per heavy atom. The lowest BCUT2D eigenvalue weighted by Gasteiger charge is -2.59. The summed E-state index contributed by atoms with van der Waals surface area (Å²) in [4.78, 5) is 35.7. The third kappa shape index (κ3) is 2.43. The fourth-order valence-corrected chi connectivity index (χ4v) is 7.39. The number of carboxylic acid groups (broad SMARTS) is 1. The van der Waals surface area contributed by atoms with Gasteiger partial charge in [0.2, 0.25) is 5.78 Å². The second-order valence-electron chi connectivity index (χ2n) is 9.75. The third-order valence-corrected chi connectivity index (χ3v) is 8.31. The maximum absolute atomic E-state index is 15.2. The fourth-order valence-electron chi connectivity index (χ4n) is 7.39. The summed E-state index contributed by atoms with van der Waals surface area (Å²) < 4.78 is 15.2. The molecule has 5 nitrogen and oxygen atoms in total. The molecular formula is C22H27FO5. The summed E-state index contributed by atoms with van der Waals surface area (Å²) in [5.74, 6) is -3.72. The number of allylic oxidation sites excluding steroid dienone is 4. The molecule has 0 aromatic carbocycles. The molecule has 0 saturated heterocycles. The van der Waals surface area contributed by atoms with E-state index in [4.69, 9.17) is 0 Å². The van der Waals surface area contributed by atoms with Crippen LogP contribution in [0.3, 0.4) is 0 Å². The van der Waals surface area contributed by atoms with Gasteiger partial charge in [0.05, 0.1) is 6.10 Å². The number of rotatable bonds is 2. The molecule has 0 bridgehead atoms. The number of fused-ring (bicyclic) bond motifs is 5. The van der Waals surface area contributed by atoms with E-state index in [0.717, 1.165) is 0 Å². The predicted molar refractivity (Wildman–Crippen MR) is 99.0 cm³/mol. The molecule has 0 heterocycles. The molecule has 0 spiro atoms. The van der Waals surface area contributed by atoms with Gasteiger partial charge in [0.1, 0.15) is 6.17 Å². The van der Waals surface area contributed by atoms with Crippen molar-refractivity contribution in [2.45, 2.75) is 52.3 Å². The van der Waals surface area contributed by atoms with Crippen LogP contribution in [0.25, 0.3) is 0 Å². The number of halogens is 1. The molecule has 6 heteroatoms. The molecule has 4 aliphatic rings. The molecule has 0 aliphatic heterocycles. The molecule has 3 saturated carbocycles. The average molecular weight is 390 g/mol. The number of carboxylic acids is 1. The van der Waals surface area contributed by atoms with Crippen molar-refractivity contribution < 1.29 is 29.0 Å². The Labute approximate surface area is 163 Å². The number of alkyl halides is 1. The highest BCUT2D eigenvalue weighted by atomic mass is 19.1. The monoisotopic (exact) mass is 390 g/mol. The smallest absolute Gasteiger partial charge is 0.372 e. The Morgan fingerprint density at radius 2 is 1.93 bits per heavy atom. The minimum atomic E-state index is -1.44. The van der Waals surface area contributed by atoms with E-state index in [0.29, 0.717) is 18.4 Å². The Morgan fingerprint density at radius 3 is 2.57 bits per heavy atom. The van der Waals surface area contributed by atoms with Crippen molar-refractivity contribution in [3.63, 3.8) is 0 Å². The second kappa shape index (κ2) is 6.09. The molecule has 4 rings (SSSR count). The van der Waals surface area contributed by atoms with Crippen molar-refractivity contribution in [1.82, 2.24) is 0 Å². The zero-order chi connectivity index (χ0) is 20.6. The van der Waals surface area contributed by atoms with Crippen molar-refractivity contribution in [1.29, 1.82) is 0 Å². The van der Waals surface area contributed by atoms with Gasteiger partial charge in [-0.3, -0.25) is 9.59 Å². The van der Waals surface area contributed by atoms with Gasteiger partial charge in [-0.2, -0.15) is 0 Å². The van der Waals surface area contributed by atoms with Gasteiger partial charge in [-0.1, -0.05) is 26.8 Å². The van der Waals surface area contributed by atoms with E-state index in [1.807, 2.05) is 20.8 Å². The van der Waals surface area contributed by atoms with Crippen LogP contribution < -0.4 is 0 Å². The third-order valence-electron chi connectivity index (χ3n) is 8.31. The highest BCUT2D eigenvalue weighted by Gasteiger charge is 2.66. The SMILES string of the molecule is CC1C[C@H]2[C@@H]3CC(F)C4=CC(=O)C=C[C@]4(C)[C@H]3C(O)C[C@]2(C)[C@H]1C(=O)C(=O)O. The summed E-state index contributed by atoms with van der Waals surface area (Å²) in [5, 5.41) is 20.5. The summed E-state index contributed by atoms with van der Waals surface area (Å²) in [7, 11) is 0. The standard InChI is InChI=1S/C22H27FO5/c1-10-6-13-12-8-15(23)14-7-11(24)4-5-21(14,2)18(12)16(25)9-22(13,3)17(10)19(26)20(27)28/h4-5,7,10,12-13,15-18,25H,6,8-9H2,1-3H3,(H,27,28)/t10?,12-,13-,15?,16?,17+,18+,21-,22-/m0/s1. The minimum absolute atomic E-state index is 0.0353. The summed E-state index contributed by atoms with van der Waals surface area (Å²) in [6.45, 7) is 5.67. The molecule has 0 aromatic heterocycles. The summed E-state index contributed by atoms with van der Waals surface area (Å²) in [5.41, 5.74) is -0.969. The summed E-state index contributed by atoms with van der Waals surface area (Å²) >= 11 is 0. The van der Waals surface area contributed by atoms with E-state index >= 15 is 4.39 Å². The number of hydrogen-bond acceptors (Lipinski definition) is 4. The Bertz CT molecular complexity index is 816. The maximum atomic E-state index is 15.2. The summed E-state index contributed by atoms with van der Waals surface area (Å²) in [6.07, 6.45) is 3.65. The molecule has 0 amide bonds. The van der Waals surface area contributed by atoms with Gasteiger partial charge in [0.15, 0.2) is 5.78 Å². The lowest BCUT2D eigenvalue weighted by Crippen LogP contribution is -2.58. The number of ketones is 2. The Hall–Kier alpha value is -1.82. The number of carbonyl (C=O) groups excluding carboxylic acids is 2. The topological polar surface area (TPSA) is 91.7 Å². The number of aliphatic hydroxyl groups is 1. The van der Waals surface area contributed by atoms with Crippen LogP contribution >= 0.6 is 0 Å². The van der Waals surface area contributed by atoms with E-state index < -0.39 is 40.8 Å². The van der Waals surface area contributed by atoms with Crippen LogP contribution in [0.1, 0.15) is 40.0 Å². The van der Waals surface area contributed by atoms with Crippen LogP contribution in [0, 0.1) is 40.4 Å². The van der Waals surface area contributed by atoms with Crippen molar-refractivity contribution >= 4 is 17.5 Å². The van der Waals surface area contributed by atoms with Crippen LogP contribution in [0.15, 0.2) is 23.8 Å². The first-order valence-corrected chi connectivity index (χ1v) is 10.0. The molecule has 0 radical (unpaired) electrons.